The van der Waals surface area contributed by atoms with E-state index >= 15 is 0 Å². The topological polar surface area (TPSA) is 56.0 Å². The molecule has 26 heavy (non-hydrogen) atoms. The summed E-state index contributed by atoms with van der Waals surface area (Å²) >= 11 is 0.443. The van der Waals surface area contributed by atoms with E-state index in [9.17, 15) is 18.4 Å². The molecule has 0 saturated heterocycles. The van der Waals surface area contributed by atoms with Gasteiger partial charge in [0.15, 0.2) is 0 Å². The van der Waals surface area contributed by atoms with Crippen LogP contribution < -0.4 is 11.0 Å². The number of benzene rings is 2. The van der Waals surface area contributed by atoms with Gasteiger partial charge in [0.1, 0.15) is 6.54 Å². The van der Waals surface area contributed by atoms with Crippen molar-refractivity contribution in [3.05, 3.63) is 59.0 Å². The second-order valence-electron chi connectivity index (χ2n) is 5.55. The maximum absolute atomic E-state index is 12.5. The van der Waals surface area contributed by atoms with Gasteiger partial charge in [0.05, 0.1) is 11.0 Å². The molecule has 0 aliphatic heterocycles. The summed E-state index contributed by atoms with van der Waals surface area (Å²) in [5.74, 6) is -2.85. The number of nitrogens with zero attached hydrogens (tertiary/aromatic N) is 2. The Morgan fingerprint density at radius 3 is 2.27 bits per heavy atom. The monoisotopic (exact) mass is 377 g/mol. The molecule has 0 unspecified atom stereocenters. The number of alkyl halides is 2. The molecule has 1 amide bonds. The maximum atomic E-state index is 12.5. The van der Waals surface area contributed by atoms with Crippen LogP contribution in [0.4, 0.5) is 14.5 Å². The van der Waals surface area contributed by atoms with E-state index in [4.69, 9.17) is 0 Å². The minimum Gasteiger partial charge on any atom is -0.325 e. The number of imidazole rings is 1. The van der Waals surface area contributed by atoms with Crippen molar-refractivity contribution in [3.63, 3.8) is 0 Å². The zero-order valence-corrected chi connectivity index (χ0v) is 14.8. The zero-order chi connectivity index (χ0) is 18.7. The molecule has 1 heterocycles. The highest BCUT2D eigenvalue weighted by Crippen LogP contribution is 2.26. The summed E-state index contributed by atoms with van der Waals surface area (Å²) in [7, 11) is 0. The number of hydrogen-bond donors (Lipinski definition) is 1. The highest BCUT2D eigenvalue weighted by molar-refractivity contribution is 7.99. The highest BCUT2D eigenvalue weighted by atomic mass is 32.2. The summed E-state index contributed by atoms with van der Waals surface area (Å²) in [6.45, 7) is 2.26. The molecule has 0 radical (unpaired) electrons. The Hall–Kier alpha value is -2.61. The number of thioether (sulfide) groups is 1. The molecule has 0 bridgehead atoms. The number of nitrogens with one attached hydrogen (secondary N) is 1. The molecular formula is C18H17F2N3O2S. The van der Waals surface area contributed by atoms with Crippen LogP contribution in [0.1, 0.15) is 6.92 Å². The number of aromatic nitrogens is 2. The van der Waals surface area contributed by atoms with Gasteiger partial charge < -0.3 is 5.32 Å². The van der Waals surface area contributed by atoms with Crippen molar-refractivity contribution in [2.24, 2.45) is 0 Å². The Morgan fingerprint density at radius 2 is 1.69 bits per heavy atom. The summed E-state index contributed by atoms with van der Waals surface area (Å²) in [4.78, 5) is 25.3. The Labute approximate surface area is 152 Å². The lowest BCUT2D eigenvalue weighted by Gasteiger charge is -2.07. The number of anilines is 1. The molecule has 0 spiro atoms. The SMILES string of the molecule is CCn1c(=O)n(CC(=O)Nc2ccc(SC(F)F)cc2)c2ccccc21. The summed E-state index contributed by atoms with van der Waals surface area (Å²) in [5.41, 5.74) is 1.72. The third-order valence-corrected chi connectivity index (χ3v) is 4.63. The molecule has 136 valence electrons. The third kappa shape index (κ3) is 3.80. The maximum Gasteiger partial charge on any atom is 0.329 e. The summed E-state index contributed by atoms with van der Waals surface area (Å²) in [6.07, 6.45) is 0. The van der Waals surface area contributed by atoms with Crippen molar-refractivity contribution in [1.82, 2.24) is 9.13 Å². The first-order valence-electron chi connectivity index (χ1n) is 8.02. The van der Waals surface area contributed by atoms with Crippen LogP contribution in [0.5, 0.6) is 0 Å². The number of carbonyl (C=O) groups excluding carboxylic acids is 1. The van der Waals surface area contributed by atoms with Crippen molar-refractivity contribution in [1.29, 1.82) is 0 Å². The fraction of sp³-hybridized carbons (Fsp3) is 0.222. The number of rotatable bonds is 6. The summed E-state index contributed by atoms with van der Waals surface area (Å²) < 4.78 is 27.7. The van der Waals surface area contributed by atoms with Gasteiger partial charge in [-0.05, 0) is 43.3 Å². The fourth-order valence-electron chi connectivity index (χ4n) is 2.79. The predicted molar refractivity (Wildman–Crippen MR) is 98.8 cm³/mol. The van der Waals surface area contributed by atoms with Gasteiger partial charge in [-0.1, -0.05) is 23.9 Å². The number of para-hydroxylation sites is 2. The van der Waals surface area contributed by atoms with Crippen LogP contribution in [0.3, 0.4) is 0 Å². The Morgan fingerprint density at radius 1 is 1.08 bits per heavy atom. The average molecular weight is 377 g/mol. The molecule has 8 heteroatoms. The number of amides is 1. The first-order valence-corrected chi connectivity index (χ1v) is 8.90. The van der Waals surface area contributed by atoms with E-state index in [0.717, 1.165) is 5.52 Å². The van der Waals surface area contributed by atoms with E-state index in [-0.39, 0.29) is 18.1 Å². The smallest absolute Gasteiger partial charge is 0.325 e. The fourth-order valence-corrected chi connectivity index (χ4v) is 3.29. The molecule has 3 aromatic rings. The van der Waals surface area contributed by atoms with Crippen LogP contribution in [0.2, 0.25) is 0 Å². The zero-order valence-electron chi connectivity index (χ0n) is 14.0. The van der Waals surface area contributed by atoms with Gasteiger partial charge in [-0.25, -0.2) is 4.79 Å². The predicted octanol–water partition coefficient (Wildman–Crippen LogP) is 3.78. The molecule has 0 atom stereocenters. The molecule has 1 N–H and O–H groups in total. The van der Waals surface area contributed by atoms with E-state index in [1.54, 1.807) is 22.8 Å². The molecule has 0 saturated carbocycles. The first kappa shape index (κ1) is 18.2. The quantitative estimate of drug-likeness (QED) is 0.665. The molecule has 0 aliphatic rings. The van der Waals surface area contributed by atoms with Gasteiger partial charge in [-0.3, -0.25) is 13.9 Å². The van der Waals surface area contributed by atoms with Crippen LogP contribution in [0, 0.1) is 0 Å². The lowest BCUT2D eigenvalue weighted by atomic mass is 10.3. The lowest BCUT2D eigenvalue weighted by molar-refractivity contribution is -0.116. The average Bonchev–Trinajstić information content (AvgIpc) is 2.88. The van der Waals surface area contributed by atoms with Crippen LogP contribution in [0.25, 0.3) is 11.0 Å². The minimum atomic E-state index is -2.49. The van der Waals surface area contributed by atoms with Crippen molar-refractivity contribution >= 4 is 34.4 Å². The molecule has 0 aliphatic carbocycles. The van der Waals surface area contributed by atoms with E-state index < -0.39 is 5.76 Å². The molecular weight excluding hydrogens is 360 g/mol. The second-order valence-corrected chi connectivity index (χ2v) is 6.62. The van der Waals surface area contributed by atoms with E-state index in [1.807, 2.05) is 25.1 Å². The molecule has 3 rings (SSSR count). The Kier molecular flexibility index (Phi) is 5.41. The standard InChI is InChI=1S/C18H17F2N3O2S/c1-2-22-14-5-3-4-6-15(14)23(18(22)25)11-16(24)21-12-7-9-13(10-8-12)26-17(19)20/h3-10,17H,2,11H2,1H3,(H,21,24). The number of hydrogen-bond acceptors (Lipinski definition) is 3. The second kappa shape index (κ2) is 7.74. The van der Waals surface area contributed by atoms with Crippen molar-refractivity contribution in [3.8, 4) is 0 Å². The summed E-state index contributed by atoms with van der Waals surface area (Å²) in [5, 5.41) is 2.69. The van der Waals surface area contributed by atoms with Crippen LogP contribution >= 0.6 is 11.8 Å². The van der Waals surface area contributed by atoms with Crippen LogP contribution in [-0.2, 0) is 17.9 Å². The summed E-state index contributed by atoms with van der Waals surface area (Å²) in [6, 6.07) is 13.4. The first-order chi connectivity index (χ1) is 12.5. The minimum absolute atomic E-state index is 0.125. The van der Waals surface area contributed by atoms with Crippen molar-refractivity contribution in [2.75, 3.05) is 5.32 Å². The van der Waals surface area contributed by atoms with Crippen LogP contribution in [0.15, 0.2) is 58.2 Å². The van der Waals surface area contributed by atoms with Gasteiger partial charge in [0.2, 0.25) is 5.91 Å². The Balaban J connectivity index is 1.77. The molecule has 0 fully saturated rings. The number of aryl methyl sites for hydroxylation is 1. The number of halogens is 2. The third-order valence-electron chi connectivity index (χ3n) is 3.91. The number of carbonyl (C=O) groups is 1. The van der Waals surface area contributed by atoms with Gasteiger partial charge >= 0.3 is 5.69 Å². The molecule has 2 aromatic carbocycles. The lowest BCUT2D eigenvalue weighted by Crippen LogP contribution is -2.29. The Bertz CT molecular complexity index is 980. The molecule has 5 nitrogen and oxygen atoms in total. The van der Waals surface area contributed by atoms with Gasteiger partial charge in [0, 0.05) is 17.1 Å². The van der Waals surface area contributed by atoms with Crippen molar-refractivity contribution in [2.45, 2.75) is 30.7 Å². The largest absolute Gasteiger partial charge is 0.329 e. The normalized spacial score (nSPS) is 11.2. The van der Waals surface area contributed by atoms with E-state index in [1.165, 1.54) is 16.7 Å². The van der Waals surface area contributed by atoms with Gasteiger partial charge in [-0.15, -0.1) is 0 Å². The van der Waals surface area contributed by atoms with E-state index in [2.05, 4.69) is 5.32 Å². The highest BCUT2D eigenvalue weighted by Gasteiger charge is 2.14. The molecule has 1 aromatic heterocycles. The van der Waals surface area contributed by atoms with Crippen molar-refractivity contribution < 1.29 is 13.6 Å². The van der Waals surface area contributed by atoms with E-state index in [0.29, 0.717) is 34.4 Å². The van der Waals surface area contributed by atoms with Crippen LogP contribution in [-0.4, -0.2) is 20.8 Å². The van der Waals surface area contributed by atoms with Gasteiger partial charge in [-0.2, -0.15) is 8.78 Å². The number of fused-ring (bicyclic) bond motifs is 1. The van der Waals surface area contributed by atoms with Gasteiger partial charge in [0.25, 0.3) is 5.76 Å².